The van der Waals surface area contributed by atoms with E-state index < -0.39 is 16.6 Å². The fourth-order valence-corrected chi connectivity index (χ4v) is 15.9. The Balaban J connectivity index is 1.40. The summed E-state index contributed by atoms with van der Waals surface area (Å²) >= 11 is 0. The molecule has 5 rings (SSSR count). The standard InChI is InChI=1S/C41H64O2Si2/c1-30-31(29-42-45(39(5,6)7,32-19-15-13-16-20-32)33-21-17-14-18-22-33)23-25-35-34(30)24-26-36-40(8,9)37(27-28-41(35,36)10)43-44(11,12)38(2,3)4/h13-23,25,30-31,34-37H,24,26-29H2,1-12H3/t30-,31?,34-,35-,36-,37-,41+/m1/s1. The molecular weight excluding hydrogens is 581 g/mol. The van der Waals surface area contributed by atoms with Crippen molar-refractivity contribution in [2.24, 2.45) is 40.4 Å². The van der Waals surface area contributed by atoms with E-state index in [2.05, 4.69) is 155 Å². The first-order chi connectivity index (χ1) is 20.9. The molecular formula is C41H64O2Si2. The van der Waals surface area contributed by atoms with E-state index >= 15 is 0 Å². The van der Waals surface area contributed by atoms with Gasteiger partial charge in [0.25, 0.3) is 8.32 Å². The zero-order valence-electron chi connectivity index (χ0n) is 30.7. The molecule has 0 heterocycles. The van der Waals surface area contributed by atoms with Crippen molar-refractivity contribution in [2.45, 2.75) is 124 Å². The molecule has 2 saturated carbocycles. The second kappa shape index (κ2) is 12.2. The molecule has 4 heteroatoms. The quantitative estimate of drug-likeness (QED) is 0.221. The number of hydrogen-bond acceptors (Lipinski definition) is 2. The molecule has 248 valence electrons. The molecule has 2 fully saturated rings. The van der Waals surface area contributed by atoms with Gasteiger partial charge in [-0.25, -0.2) is 0 Å². The molecule has 45 heavy (non-hydrogen) atoms. The van der Waals surface area contributed by atoms with E-state index in [1.807, 2.05) is 0 Å². The Morgan fingerprint density at radius 1 is 0.756 bits per heavy atom. The number of rotatable bonds is 7. The van der Waals surface area contributed by atoms with Crippen LogP contribution in [0.25, 0.3) is 0 Å². The first-order valence-electron chi connectivity index (χ1n) is 18.0. The molecule has 1 unspecified atom stereocenters. The molecule has 0 saturated heterocycles. The van der Waals surface area contributed by atoms with Crippen LogP contribution in [0.4, 0.5) is 0 Å². The summed E-state index contributed by atoms with van der Waals surface area (Å²) in [5.74, 6) is 3.11. The zero-order chi connectivity index (χ0) is 33.1. The minimum atomic E-state index is -2.55. The second-order valence-corrected chi connectivity index (χ2v) is 27.5. The SMILES string of the molecule is C[C@@H]1C(CO[Si](c2ccccc2)(c2ccccc2)C(C)(C)C)C=C[C@@H]2[C@@H]1CC[C@@H]1C(C)(C)[C@H](O[Si](C)(C)C(C)(C)C)CC[C@@]21C. The summed E-state index contributed by atoms with van der Waals surface area (Å²) in [6.07, 6.45) is 10.7. The van der Waals surface area contributed by atoms with Crippen molar-refractivity contribution in [3.63, 3.8) is 0 Å². The highest BCUT2D eigenvalue weighted by molar-refractivity contribution is 6.99. The lowest BCUT2D eigenvalue weighted by atomic mass is 9.43. The third-order valence-corrected chi connectivity index (χ3v) is 23.0. The molecule has 0 N–H and O–H groups in total. The van der Waals surface area contributed by atoms with Crippen LogP contribution in [0.15, 0.2) is 72.8 Å². The van der Waals surface area contributed by atoms with Gasteiger partial charge in [0.1, 0.15) is 0 Å². The molecule has 2 aromatic carbocycles. The molecule has 7 atom stereocenters. The monoisotopic (exact) mass is 644 g/mol. The Hall–Kier alpha value is -1.47. The molecule has 0 bridgehead atoms. The third-order valence-electron chi connectivity index (χ3n) is 13.5. The van der Waals surface area contributed by atoms with Gasteiger partial charge in [-0.15, -0.1) is 0 Å². The van der Waals surface area contributed by atoms with Gasteiger partial charge in [0, 0.05) is 12.5 Å². The highest BCUT2D eigenvalue weighted by Crippen LogP contribution is 2.64. The lowest BCUT2D eigenvalue weighted by Crippen LogP contribution is -2.67. The predicted molar refractivity (Wildman–Crippen MR) is 198 cm³/mol. The lowest BCUT2D eigenvalue weighted by Gasteiger charge is -2.63. The number of allylic oxidation sites excluding steroid dienone is 1. The molecule has 0 spiro atoms. The summed E-state index contributed by atoms with van der Waals surface area (Å²) in [6, 6.07) is 22.3. The van der Waals surface area contributed by atoms with Gasteiger partial charge in [0.2, 0.25) is 0 Å². The predicted octanol–water partition coefficient (Wildman–Crippen LogP) is 10.2. The maximum Gasteiger partial charge on any atom is 0.261 e. The number of fused-ring (bicyclic) bond motifs is 3. The van der Waals surface area contributed by atoms with Crippen molar-refractivity contribution in [1.29, 1.82) is 0 Å². The summed E-state index contributed by atoms with van der Waals surface area (Å²) in [4.78, 5) is 0. The van der Waals surface area contributed by atoms with Crippen molar-refractivity contribution >= 4 is 27.0 Å². The largest absolute Gasteiger partial charge is 0.413 e. The van der Waals surface area contributed by atoms with Gasteiger partial charge in [-0.05, 0) is 93.7 Å². The van der Waals surface area contributed by atoms with Crippen LogP contribution in [0, 0.1) is 40.4 Å². The fourth-order valence-electron chi connectivity index (χ4n) is 9.83. The van der Waals surface area contributed by atoms with E-state index in [1.165, 1.54) is 36.1 Å². The fraction of sp³-hybridized carbons (Fsp3) is 0.659. The van der Waals surface area contributed by atoms with Crippen LogP contribution < -0.4 is 10.4 Å². The van der Waals surface area contributed by atoms with Gasteiger partial charge < -0.3 is 8.85 Å². The van der Waals surface area contributed by atoms with Crippen molar-refractivity contribution in [2.75, 3.05) is 6.61 Å². The van der Waals surface area contributed by atoms with Gasteiger partial charge in [0.15, 0.2) is 8.32 Å². The van der Waals surface area contributed by atoms with E-state index in [1.54, 1.807) is 0 Å². The van der Waals surface area contributed by atoms with Crippen molar-refractivity contribution < 1.29 is 8.85 Å². The second-order valence-electron chi connectivity index (χ2n) is 18.4. The van der Waals surface area contributed by atoms with E-state index in [0.717, 1.165) is 12.5 Å². The highest BCUT2D eigenvalue weighted by atomic mass is 28.4. The first-order valence-corrected chi connectivity index (χ1v) is 22.8. The maximum atomic E-state index is 7.48. The van der Waals surface area contributed by atoms with Crippen LogP contribution in [0.1, 0.15) is 94.9 Å². The Morgan fingerprint density at radius 3 is 1.82 bits per heavy atom. The minimum absolute atomic E-state index is 0.00209. The van der Waals surface area contributed by atoms with Gasteiger partial charge in [-0.3, -0.25) is 0 Å². The Bertz CT molecular complexity index is 1280. The van der Waals surface area contributed by atoms with Crippen molar-refractivity contribution in [3.05, 3.63) is 72.8 Å². The van der Waals surface area contributed by atoms with E-state index in [9.17, 15) is 0 Å². The van der Waals surface area contributed by atoms with Crippen LogP contribution in [-0.4, -0.2) is 29.3 Å². The number of hydrogen-bond donors (Lipinski definition) is 0. The van der Waals surface area contributed by atoms with Crippen molar-refractivity contribution in [1.82, 2.24) is 0 Å². The van der Waals surface area contributed by atoms with Crippen molar-refractivity contribution in [3.8, 4) is 0 Å². The average Bonchev–Trinajstić information content (AvgIpc) is 2.96. The first kappa shape index (κ1) is 34.9. The average molecular weight is 645 g/mol. The Morgan fingerprint density at radius 2 is 1.31 bits per heavy atom. The summed E-state index contributed by atoms with van der Waals surface area (Å²) in [7, 11) is -4.38. The van der Waals surface area contributed by atoms with Crippen LogP contribution in [0.5, 0.6) is 0 Å². The lowest BCUT2D eigenvalue weighted by molar-refractivity contribution is -0.144. The molecule has 0 amide bonds. The Kier molecular flexibility index (Phi) is 9.45. The normalized spacial score (nSPS) is 32.1. The molecule has 2 nitrogen and oxygen atoms in total. The van der Waals surface area contributed by atoms with Gasteiger partial charge in [-0.2, -0.15) is 0 Å². The van der Waals surface area contributed by atoms with Crippen LogP contribution in [0.3, 0.4) is 0 Å². The van der Waals surface area contributed by atoms with E-state index in [0.29, 0.717) is 35.2 Å². The van der Waals surface area contributed by atoms with Gasteiger partial charge in [0.05, 0.1) is 6.10 Å². The van der Waals surface area contributed by atoms with Gasteiger partial charge in [-0.1, -0.05) is 142 Å². The summed E-state index contributed by atoms with van der Waals surface area (Å²) in [5.41, 5.74) is 0.516. The summed E-state index contributed by atoms with van der Waals surface area (Å²) < 4.78 is 14.7. The maximum absolute atomic E-state index is 7.48. The van der Waals surface area contributed by atoms with E-state index in [4.69, 9.17) is 8.85 Å². The summed E-state index contributed by atoms with van der Waals surface area (Å²) in [5, 5.41) is 3.00. The van der Waals surface area contributed by atoms with E-state index in [-0.39, 0.29) is 15.5 Å². The smallest absolute Gasteiger partial charge is 0.261 e. The van der Waals surface area contributed by atoms with Crippen LogP contribution in [-0.2, 0) is 8.85 Å². The zero-order valence-corrected chi connectivity index (χ0v) is 32.7. The summed E-state index contributed by atoms with van der Waals surface area (Å²) in [6.45, 7) is 30.3. The topological polar surface area (TPSA) is 18.5 Å². The third kappa shape index (κ3) is 6.04. The molecule has 0 radical (unpaired) electrons. The molecule has 3 aliphatic carbocycles. The minimum Gasteiger partial charge on any atom is -0.413 e. The molecule has 0 aliphatic heterocycles. The Labute approximate surface area is 279 Å². The molecule has 2 aromatic rings. The molecule has 0 aromatic heterocycles. The van der Waals surface area contributed by atoms with Crippen LogP contribution >= 0.6 is 0 Å². The highest BCUT2D eigenvalue weighted by Gasteiger charge is 2.60. The van der Waals surface area contributed by atoms with Gasteiger partial charge >= 0.3 is 0 Å². The number of benzene rings is 2. The van der Waals surface area contributed by atoms with Crippen LogP contribution in [0.2, 0.25) is 23.2 Å². The molecule has 3 aliphatic rings.